The van der Waals surface area contributed by atoms with Gasteiger partial charge in [-0.15, -0.1) is 0 Å². The standard InChI is InChI=1S/C15H10BrF3N2/c1-9-3-2-4-13(14(9)16)21-11-6-5-10(8-20)12(7-11)15(17,18)19/h2-7,21H,1H3. The third-order valence-electron chi connectivity index (χ3n) is 2.92. The molecule has 0 saturated heterocycles. The fourth-order valence-electron chi connectivity index (χ4n) is 1.85. The number of halogens is 4. The van der Waals surface area contributed by atoms with Gasteiger partial charge < -0.3 is 5.32 Å². The Morgan fingerprint density at radius 1 is 1.19 bits per heavy atom. The van der Waals surface area contributed by atoms with Gasteiger partial charge in [-0.2, -0.15) is 18.4 Å². The van der Waals surface area contributed by atoms with Crippen molar-refractivity contribution in [3.8, 4) is 6.07 Å². The molecule has 0 unspecified atom stereocenters. The number of rotatable bonds is 2. The van der Waals surface area contributed by atoms with Crippen LogP contribution in [0.25, 0.3) is 0 Å². The third kappa shape index (κ3) is 3.37. The van der Waals surface area contributed by atoms with Crippen LogP contribution in [0.15, 0.2) is 40.9 Å². The Kier molecular flexibility index (Phi) is 4.24. The first-order valence-electron chi connectivity index (χ1n) is 5.96. The predicted molar refractivity (Wildman–Crippen MR) is 78.3 cm³/mol. The van der Waals surface area contributed by atoms with Crippen LogP contribution in [0, 0.1) is 18.3 Å². The largest absolute Gasteiger partial charge is 0.417 e. The molecule has 0 fully saturated rings. The van der Waals surface area contributed by atoms with Gasteiger partial charge in [0.1, 0.15) is 0 Å². The maximum Gasteiger partial charge on any atom is 0.417 e. The number of nitrogens with one attached hydrogen (secondary N) is 1. The molecule has 2 rings (SSSR count). The van der Waals surface area contributed by atoms with Crippen LogP contribution < -0.4 is 5.32 Å². The molecule has 0 saturated carbocycles. The number of hydrogen-bond acceptors (Lipinski definition) is 2. The van der Waals surface area contributed by atoms with E-state index in [0.29, 0.717) is 5.69 Å². The van der Waals surface area contributed by atoms with E-state index in [1.165, 1.54) is 6.07 Å². The Morgan fingerprint density at radius 3 is 2.52 bits per heavy atom. The summed E-state index contributed by atoms with van der Waals surface area (Å²) in [6.07, 6.45) is -4.56. The molecule has 6 heteroatoms. The molecule has 0 aliphatic carbocycles. The van der Waals surface area contributed by atoms with Crippen LogP contribution in [0.4, 0.5) is 24.5 Å². The highest BCUT2D eigenvalue weighted by Crippen LogP contribution is 2.35. The first-order valence-corrected chi connectivity index (χ1v) is 6.75. The van der Waals surface area contributed by atoms with Crippen molar-refractivity contribution < 1.29 is 13.2 Å². The summed E-state index contributed by atoms with van der Waals surface area (Å²) in [7, 11) is 0. The summed E-state index contributed by atoms with van der Waals surface area (Å²) in [6, 6.07) is 10.5. The van der Waals surface area contributed by atoms with E-state index in [-0.39, 0.29) is 5.69 Å². The number of nitriles is 1. The number of alkyl halides is 3. The Bertz CT molecular complexity index is 718. The molecule has 0 heterocycles. The van der Waals surface area contributed by atoms with Gasteiger partial charge in [-0.1, -0.05) is 12.1 Å². The minimum absolute atomic E-state index is 0.271. The van der Waals surface area contributed by atoms with E-state index in [1.807, 2.05) is 13.0 Å². The molecule has 0 atom stereocenters. The van der Waals surface area contributed by atoms with Gasteiger partial charge in [0.2, 0.25) is 0 Å². The van der Waals surface area contributed by atoms with Crippen LogP contribution in [-0.2, 0) is 6.18 Å². The Morgan fingerprint density at radius 2 is 1.90 bits per heavy atom. The number of aryl methyl sites for hydroxylation is 1. The lowest BCUT2D eigenvalue weighted by molar-refractivity contribution is -0.137. The predicted octanol–water partition coefficient (Wildman–Crippen LogP) is 5.39. The van der Waals surface area contributed by atoms with Crippen molar-refractivity contribution in [1.82, 2.24) is 0 Å². The van der Waals surface area contributed by atoms with Crippen molar-refractivity contribution in [3.05, 3.63) is 57.6 Å². The van der Waals surface area contributed by atoms with Crippen LogP contribution in [0.3, 0.4) is 0 Å². The zero-order valence-corrected chi connectivity index (χ0v) is 12.5. The zero-order chi connectivity index (χ0) is 15.6. The lowest BCUT2D eigenvalue weighted by Crippen LogP contribution is -2.08. The Labute approximate surface area is 128 Å². The molecule has 21 heavy (non-hydrogen) atoms. The minimum atomic E-state index is -4.56. The third-order valence-corrected chi connectivity index (χ3v) is 3.97. The molecular weight excluding hydrogens is 345 g/mol. The maximum atomic E-state index is 12.9. The van der Waals surface area contributed by atoms with Gasteiger partial charge in [0.15, 0.2) is 0 Å². The van der Waals surface area contributed by atoms with Gasteiger partial charge in [-0.3, -0.25) is 0 Å². The summed E-state index contributed by atoms with van der Waals surface area (Å²) in [6.45, 7) is 1.88. The summed E-state index contributed by atoms with van der Waals surface area (Å²) in [5.74, 6) is 0. The second-order valence-corrected chi connectivity index (χ2v) is 5.22. The van der Waals surface area contributed by atoms with Gasteiger partial charge in [-0.05, 0) is 52.7 Å². The van der Waals surface area contributed by atoms with E-state index >= 15 is 0 Å². The quantitative estimate of drug-likeness (QED) is 0.784. The van der Waals surface area contributed by atoms with Gasteiger partial charge in [0, 0.05) is 10.2 Å². The van der Waals surface area contributed by atoms with E-state index in [2.05, 4.69) is 21.2 Å². The van der Waals surface area contributed by atoms with E-state index in [9.17, 15) is 13.2 Å². The molecule has 2 aromatic rings. The van der Waals surface area contributed by atoms with Crippen LogP contribution in [0.5, 0.6) is 0 Å². The average molecular weight is 355 g/mol. The molecule has 108 valence electrons. The van der Waals surface area contributed by atoms with Crippen molar-refractivity contribution in [1.29, 1.82) is 5.26 Å². The van der Waals surface area contributed by atoms with Crippen LogP contribution >= 0.6 is 15.9 Å². The molecule has 0 amide bonds. The first-order chi connectivity index (χ1) is 9.82. The molecule has 0 bridgehead atoms. The van der Waals surface area contributed by atoms with Gasteiger partial charge >= 0.3 is 6.18 Å². The van der Waals surface area contributed by atoms with E-state index in [4.69, 9.17) is 5.26 Å². The lowest BCUT2D eigenvalue weighted by Gasteiger charge is -2.14. The first kappa shape index (κ1) is 15.4. The highest BCUT2D eigenvalue weighted by atomic mass is 79.9. The van der Waals surface area contributed by atoms with Crippen molar-refractivity contribution in [3.63, 3.8) is 0 Å². The van der Waals surface area contributed by atoms with Crippen molar-refractivity contribution in [2.24, 2.45) is 0 Å². The van der Waals surface area contributed by atoms with Crippen LogP contribution in [0.1, 0.15) is 16.7 Å². The lowest BCUT2D eigenvalue weighted by atomic mass is 10.1. The fraction of sp³-hybridized carbons (Fsp3) is 0.133. The average Bonchev–Trinajstić information content (AvgIpc) is 2.43. The summed E-state index contributed by atoms with van der Waals surface area (Å²) in [4.78, 5) is 0. The van der Waals surface area contributed by atoms with Gasteiger partial charge in [0.05, 0.1) is 22.9 Å². The zero-order valence-electron chi connectivity index (χ0n) is 10.9. The van der Waals surface area contributed by atoms with Gasteiger partial charge in [0.25, 0.3) is 0 Å². The van der Waals surface area contributed by atoms with Crippen LogP contribution in [0.2, 0.25) is 0 Å². The van der Waals surface area contributed by atoms with Crippen LogP contribution in [-0.4, -0.2) is 0 Å². The maximum absolute atomic E-state index is 12.9. The smallest absolute Gasteiger partial charge is 0.355 e. The molecule has 0 spiro atoms. The molecule has 2 nitrogen and oxygen atoms in total. The van der Waals surface area contributed by atoms with E-state index in [1.54, 1.807) is 18.2 Å². The number of nitrogens with zero attached hydrogens (tertiary/aromatic N) is 1. The summed E-state index contributed by atoms with van der Waals surface area (Å²) < 4.78 is 39.5. The highest BCUT2D eigenvalue weighted by molar-refractivity contribution is 9.10. The van der Waals surface area contributed by atoms with E-state index < -0.39 is 17.3 Å². The summed E-state index contributed by atoms with van der Waals surface area (Å²) in [5, 5.41) is 11.7. The molecule has 0 aromatic heterocycles. The number of benzene rings is 2. The SMILES string of the molecule is Cc1cccc(Nc2ccc(C#N)c(C(F)(F)F)c2)c1Br. The minimum Gasteiger partial charge on any atom is -0.355 e. The Hall–Kier alpha value is -2.00. The second-order valence-electron chi connectivity index (χ2n) is 4.43. The Balaban J connectivity index is 2.43. The molecule has 0 aliphatic rings. The number of anilines is 2. The normalized spacial score (nSPS) is 11.0. The fourth-order valence-corrected chi connectivity index (χ4v) is 2.22. The molecule has 0 radical (unpaired) electrons. The molecule has 1 N–H and O–H groups in total. The van der Waals surface area contributed by atoms with Crippen molar-refractivity contribution in [2.75, 3.05) is 5.32 Å². The topological polar surface area (TPSA) is 35.8 Å². The van der Waals surface area contributed by atoms with E-state index in [0.717, 1.165) is 22.2 Å². The monoisotopic (exact) mass is 354 g/mol. The van der Waals surface area contributed by atoms with Gasteiger partial charge in [-0.25, -0.2) is 0 Å². The number of hydrogen-bond donors (Lipinski definition) is 1. The van der Waals surface area contributed by atoms with Crippen molar-refractivity contribution >= 4 is 27.3 Å². The molecular formula is C15H10BrF3N2. The molecule has 2 aromatic carbocycles. The summed E-state index contributed by atoms with van der Waals surface area (Å²) >= 11 is 3.39. The highest BCUT2D eigenvalue weighted by Gasteiger charge is 2.33. The molecule has 0 aliphatic heterocycles. The summed E-state index contributed by atoms with van der Waals surface area (Å²) in [5.41, 5.74) is 0.556. The second kappa shape index (κ2) is 5.78. The van der Waals surface area contributed by atoms with Crippen molar-refractivity contribution in [2.45, 2.75) is 13.1 Å².